The van der Waals surface area contributed by atoms with Crippen LogP contribution in [0, 0.1) is 0 Å². The highest BCUT2D eigenvalue weighted by atomic mass is 32.1. The molecule has 0 unspecified atom stereocenters. The number of Topliss-reactive ketones (excluding diaryl/α,β-unsaturated/α-hetero) is 1. The largest absolute Gasteiger partial charge is 0.438 e. The van der Waals surface area contributed by atoms with Gasteiger partial charge < -0.3 is 9.47 Å². The molecule has 0 saturated carbocycles. The number of carbonyl (C=O) groups is 1. The number of fused-ring (bicyclic) bond motifs is 3. The van der Waals surface area contributed by atoms with Gasteiger partial charge in [0.25, 0.3) is 0 Å². The van der Waals surface area contributed by atoms with Crippen LogP contribution in [0.4, 0.5) is 0 Å². The summed E-state index contributed by atoms with van der Waals surface area (Å²) in [4.78, 5) is 26.3. The van der Waals surface area contributed by atoms with Gasteiger partial charge >= 0.3 is 0 Å². The fourth-order valence-electron chi connectivity index (χ4n) is 4.16. The van der Waals surface area contributed by atoms with Gasteiger partial charge in [0.2, 0.25) is 5.88 Å². The van der Waals surface area contributed by atoms with Crippen LogP contribution in [0.15, 0.2) is 24.3 Å². The van der Waals surface area contributed by atoms with E-state index >= 15 is 0 Å². The van der Waals surface area contributed by atoms with Crippen molar-refractivity contribution in [3.05, 3.63) is 46.1 Å². The summed E-state index contributed by atoms with van der Waals surface area (Å²) in [6, 6.07) is 7.32. The number of nitrogens with zero attached hydrogens (tertiary/aromatic N) is 3. The highest BCUT2D eigenvalue weighted by Crippen LogP contribution is 2.40. The van der Waals surface area contributed by atoms with E-state index in [0.717, 1.165) is 55.2 Å². The first-order valence-electron chi connectivity index (χ1n) is 10.6. The van der Waals surface area contributed by atoms with Crippen LogP contribution in [-0.4, -0.2) is 47.0 Å². The van der Waals surface area contributed by atoms with Gasteiger partial charge in [0.15, 0.2) is 5.78 Å². The molecule has 5 rings (SSSR count). The molecule has 156 valence electrons. The fourth-order valence-corrected chi connectivity index (χ4v) is 5.43. The maximum atomic E-state index is 11.8. The number of benzene rings is 1. The Morgan fingerprint density at radius 2 is 2.03 bits per heavy atom. The second-order valence-corrected chi connectivity index (χ2v) is 8.99. The standard InChI is InChI=1S/C23H25N3O3S/c1-15(27)16-5-4-6-17(13-16)29-22-21-18-7-2-3-8-19(18)30-23(21)25-20(24-22)14-26-9-11-28-12-10-26/h4-6,13H,2-3,7-12,14H2,1H3. The minimum absolute atomic E-state index is 0.0224. The van der Waals surface area contributed by atoms with E-state index < -0.39 is 0 Å². The topological polar surface area (TPSA) is 64.5 Å². The molecule has 0 atom stereocenters. The first-order valence-corrected chi connectivity index (χ1v) is 11.4. The molecule has 0 radical (unpaired) electrons. The normalized spacial score (nSPS) is 17.1. The number of aromatic nitrogens is 2. The van der Waals surface area contributed by atoms with Gasteiger partial charge in [-0.15, -0.1) is 11.3 Å². The quantitative estimate of drug-likeness (QED) is 0.567. The smallest absolute Gasteiger partial charge is 0.231 e. The molecule has 0 spiro atoms. The number of ether oxygens (including phenoxy) is 2. The molecule has 0 amide bonds. The summed E-state index contributed by atoms with van der Waals surface area (Å²) in [5.74, 6) is 2.05. The molecule has 0 N–H and O–H groups in total. The van der Waals surface area contributed by atoms with Crippen molar-refractivity contribution in [2.45, 2.75) is 39.2 Å². The lowest BCUT2D eigenvalue weighted by Crippen LogP contribution is -2.36. The third-order valence-electron chi connectivity index (χ3n) is 5.75. The molecule has 1 fully saturated rings. The molecule has 1 aliphatic heterocycles. The zero-order chi connectivity index (χ0) is 20.5. The Kier molecular flexibility index (Phi) is 5.50. The van der Waals surface area contributed by atoms with Crippen molar-refractivity contribution in [3.63, 3.8) is 0 Å². The summed E-state index contributed by atoms with van der Waals surface area (Å²) in [6.45, 7) is 5.52. The van der Waals surface area contributed by atoms with Gasteiger partial charge in [-0.05, 0) is 50.3 Å². The average Bonchev–Trinajstić information content (AvgIpc) is 3.13. The van der Waals surface area contributed by atoms with Crippen molar-refractivity contribution < 1.29 is 14.3 Å². The lowest BCUT2D eigenvalue weighted by atomic mass is 9.97. The van der Waals surface area contributed by atoms with Crippen LogP contribution in [0.3, 0.4) is 0 Å². The molecule has 1 saturated heterocycles. The Hall–Kier alpha value is -2.35. The molecule has 7 heteroatoms. The molecule has 30 heavy (non-hydrogen) atoms. The molecular weight excluding hydrogens is 398 g/mol. The van der Waals surface area contributed by atoms with E-state index in [1.54, 1.807) is 30.4 Å². The van der Waals surface area contributed by atoms with E-state index in [1.807, 2.05) is 12.1 Å². The van der Waals surface area contributed by atoms with E-state index in [1.165, 1.54) is 23.3 Å². The van der Waals surface area contributed by atoms with Gasteiger partial charge in [-0.25, -0.2) is 4.98 Å². The van der Waals surface area contributed by atoms with Crippen molar-refractivity contribution in [3.8, 4) is 11.6 Å². The predicted molar refractivity (Wildman–Crippen MR) is 117 cm³/mol. The second-order valence-electron chi connectivity index (χ2n) is 7.91. The number of rotatable bonds is 5. The Morgan fingerprint density at radius 1 is 1.20 bits per heavy atom. The molecular formula is C23H25N3O3S. The van der Waals surface area contributed by atoms with E-state index in [-0.39, 0.29) is 5.78 Å². The molecule has 1 aliphatic carbocycles. The first kappa shape index (κ1) is 19.6. The van der Waals surface area contributed by atoms with Crippen LogP contribution >= 0.6 is 11.3 Å². The number of aryl methyl sites for hydroxylation is 2. The van der Waals surface area contributed by atoms with Crippen molar-refractivity contribution in [1.82, 2.24) is 14.9 Å². The van der Waals surface area contributed by atoms with Gasteiger partial charge in [0.05, 0.1) is 25.1 Å². The van der Waals surface area contributed by atoms with Crippen LogP contribution in [-0.2, 0) is 24.1 Å². The number of thiophene rings is 1. The molecule has 3 aromatic rings. The third-order valence-corrected chi connectivity index (χ3v) is 6.94. The number of hydrogen-bond donors (Lipinski definition) is 0. The molecule has 6 nitrogen and oxygen atoms in total. The Morgan fingerprint density at radius 3 is 2.87 bits per heavy atom. The van der Waals surface area contributed by atoms with Crippen molar-refractivity contribution in [2.75, 3.05) is 26.3 Å². The molecule has 0 bridgehead atoms. The zero-order valence-corrected chi connectivity index (χ0v) is 18.0. The Balaban J connectivity index is 1.55. The number of morpholine rings is 1. The van der Waals surface area contributed by atoms with Crippen molar-refractivity contribution in [1.29, 1.82) is 0 Å². The molecule has 3 heterocycles. The average molecular weight is 424 g/mol. The SMILES string of the molecule is CC(=O)c1cccc(Oc2nc(CN3CCOCC3)nc3sc4c(c23)CCCC4)c1. The summed E-state index contributed by atoms with van der Waals surface area (Å²) in [5, 5.41) is 1.05. The van der Waals surface area contributed by atoms with E-state index in [9.17, 15) is 4.79 Å². The lowest BCUT2D eigenvalue weighted by molar-refractivity contribution is 0.0330. The number of hydrogen-bond acceptors (Lipinski definition) is 7. The van der Waals surface area contributed by atoms with Crippen LogP contribution in [0.5, 0.6) is 11.6 Å². The van der Waals surface area contributed by atoms with Crippen LogP contribution in [0.2, 0.25) is 0 Å². The van der Waals surface area contributed by atoms with Gasteiger partial charge in [-0.1, -0.05) is 12.1 Å². The maximum absolute atomic E-state index is 11.8. The summed E-state index contributed by atoms with van der Waals surface area (Å²) < 4.78 is 11.8. The van der Waals surface area contributed by atoms with E-state index in [2.05, 4.69) is 4.90 Å². The minimum Gasteiger partial charge on any atom is -0.438 e. The summed E-state index contributed by atoms with van der Waals surface area (Å²) in [5.41, 5.74) is 1.98. The number of ketones is 1. The summed E-state index contributed by atoms with van der Waals surface area (Å²) in [6.07, 6.45) is 4.57. The lowest BCUT2D eigenvalue weighted by Gasteiger charge is -2.25. The predicted octanol–water partition coefficient (Wildman–Crippen LogP) is 4.40. The first-order chi connectivity index (χ1) is 14.7. The third kappa shape index (κ3) is 3.97. The highest BCUT2D eigenvalue weighted by Gasteiger charge is 2.23. The maximum Gasteiger partial charge on any atom is 0.231 e. The van der Waals surface area contributed by atoms with Crippen molar-refractivity contribution >= 4 is 27.3 Å². The van der Waals surface area contributed by atoms with Crippen molar-refractivity contribution in [2.24, 2.45) is 0 Å². The molecule has 2 aliphatic rings. The molecule has 1 aromatic carbocycles. The van der Waals surface area contributed by atoms with Gasteiger partial charge in [0, 0.05) is 23.5 Å². The fraction of sp³-hybridized carbons (Fsp3) is 0.435. The second kappa shape index (κ2) is 8.41. The monoisotopic (exact) mass is 423 g/mol. The van der Waals surface area contributed by atoms with Crippen LogP contribution in [0.25, 0.3) is 10.2 Å². The van der Waals surface area contributed by atoms with E-state index in [4.69, 9.17) is 19.4 Å². The Bertz CT molecular complexity index is 1090. The molecule has 2 aromatic heterocycles. The van der Waals surface area contributed by atoms with Crippen LogP contribution < -0.4 is 4.74 Å². The summed E-state index contributed by atoms with van der Waals surface area (Å²) in [7, 11) is 0. The number of carbonyl (C=O) groups excluding carboxylic acids is 1. The minimum atomic E-state index is 0.0224. The Labute approximate surface area is 179 Å². The zero-order valence-electron chi connectivity index (χ0n) is 17.1. The highest BCUT2D eigenvalue weighted by molar-refractivity contribution is 7.18. The van der Waals surface area contributed by atoms with Gasteiger partial charge in [-0.3, -0.25) is 9.69 Å². The van der Waals surface area contributed by atoms with Gasteiger partial charge in [0.1, 0.15) is 16.4 Å². The van der Waals surface area contributed by atoms with Gasteiger partial charge in [-0.2, -0.15) is 4.98 Å². The van der Waals surface area contributed by atoms with E-state index in [0.29, 0.717) is 23.7 Å². The summed E-state index contributed by atoms with van der Waals surface area (Å²) >= 11 is 1.78. The van der Waals surface area contributed by atoms with Crippen LogP contribution in [0.1, 0.15) is 46.4 Å².